The minimum absolute atomic E-state index is 0. The number of methoxy groups -OCH3 is 1. The van der Waals surface area contributed by atoms with Gasteiger partial charge in [-0.15, -0.1) is 12.4 Å². The molecule has 2 N–H and O–H groups in total. The van der Waals surface area contributed by atoms with Crippen molar-refractivity contribution in [1.82, 2.24) is 10.0 Å². The van der Waals surface area contributed by atoms with E-state index in [0.717, 1.165) is 0 Å². The Bertz CT molecular complexity index is 521. The van der Waals surface area contributed by atoms with Gasteiger partial charge in [-0.25, -0.2) is 13.1 Å². The van der Waals surface area contributed by atoms with Gasteiger partial charge in [0.05, 0.1) is 17.0 Å². The molecule has 0 atom stereocenters. The Balaban J connectivity index is 0.00000324. The predicted molar refractivity (Wildman–Crippen MR) is 79.1 cm³/mol. The SMILES string of the molecule is CNCCNS(=O)(=O)c1cc(Cl)c(OC)cc1C.Cl. The maximum Gasteiger partial charge on any atom is 0.240 e. The quantitative estimate of drug-likeness (QED) is 0.778. The molecule has 1 aromatic rings. The van der Waals surface area contributed by atoms with E-state index < -0.39 is 10.0 Å². The fraction of sp³-hybridized carbons (Fsp3) is 0.455. The molecule has 0 aliphatic rings. The first-order chi connectivity index (χ1) is 8.42. The maximum absolute atomic E-state index is 12.0. The van der Waals surface area contributed by atoms with Crippen molar-refractivity contribution in [3.8, 4) is 5.75 Å². The number of aryl methyl sites for hydroxylation is 1. The molecule has 0 fully saturated rings. The summed E-state index contributed by atoms with van der Waals surface area (Å²) in [4.78, 5) is 0.171. The Labute approximate surface area is 125 Å². The lowest BCUT2D eigenvalue weighted by molar-refractivity contribution is 0.414. The van der Waals surface area contributed by atoms with Crippen LogP contribution >= 0.6 is 24.0 Å². The van der Waals surface area contributed by atoms with Crippen LogP contribution in [0.3, 0.4) is 0 Å². The minimum Gasteiger partial charge on any atom is -0.495 e. The van der Waals surface area contributed by atoms with E-state index in [1.807, 2.05) is 0 Å². The number of likely N-dealkylation sites (N-methyl/N-ethyl adjacent to an activating group) is 1. The summed E-state index contributed by atoms with van der Waals surface area (Å²) >= 11 is 5.94. The lowest BCUT2D eigenvalue weighted by Crippen LogP contribution is -2.30. The Morgan fingerprint density at radius 1 is 1.32 bits per heavy atom. The van der Waals surface area contributed by atoms with Crippen molar-refractivity contribution >= 4 is 34.0 Å². The standard InChI is InChI=1S/C11H17ClN2O3S.ClH/c1-8-6-10(17-3)9(12)7-11(8)18(15,16)14-5-4-13-2;/h6-7,13-14H,4-5H2,1-3H3;1H. The van der Waals surface area contributed by atoms with E-state index in [9.17, 15) is 8.42 Å². The average molecular weight is 329 g/mol. The lowest BCUT2D eigenvalue weighted by Gasteiger charge is -2.11. The third kappa shape index (κ3) is 4.81. The van der Waals surface area contributed by atoms with Gasteiger partial charge < -0.3 is 10.1 Å². The molecule has 0 aliphatic heterocycles. The summed E-state index contributed by atoms with van der Waals surface area (Å²) in [6.07, 6.45) is 0. The predicted octanol–water partition coefficient (Wildman–Crippen LogP) is 1.58. The molecule has 0 saturated heterocycles. The van der Waals surface area contributed by atoms with Crippen molar-refractivity contribution in [3.05, 3.63) is 22.7 Å². The summed E-state index contributed by atoms with van der Waals surface area (Å²) in [5.74, 6) is 0.461. The third-order valence-corrected chi connectivity index (χ3v) is 4.30. The highest BCUT2D eigenvalue weighted by molar-refractivity contribution is 7.89. The first kappa shape index (κ1) is 18.5. The monoisotopic (exact) mass is 328 g/mol. The van der Waals surface area contributed by atoms with Crippen LogP contribution in [-0.4, -0.2) is 35.7 Å². The second-order valence-corrected chi connectivity index (χ2v) is 5.90. The molecule has 0 bridgehead atoms. The zero-order valence-corrected chi connectivity index (χ0v) is 13.4. The highest BCUT2D eigenvalue weighted by Gasteiger charge is 2.18. The van der Waals surface area contributed by atoms with Gasteiger partial charge >= 0.3 is 0 Å². The van der Waals surface area contributed by atoms with Crippen molar-refractivity contribution in [3.63, 3.8) is 0 Å². The smallest absolute Gasteiger partial charge is 0.240 e. The zero-order chi connectivity index (χ0) is 13.8. The van der Waals surface area contributed by atoms with Crippen molar-refractivity contribution in [2.24, 2.45) is 0 Å². The third-order valence-electron chi connectivity index (χ3n) is 2.41. The fourth-order valence-corrected chi connectivity index (χ4v) is 3.06. The molecular weight excluding hydrogens is 311 g/mol. The molecular formula is C11H18Cl2N2O3S. The summed E-state index contributed by atoms with van der Waals surface area (Å²) < 4.78 is 31.6. The van der Waals surface area contributed by atoms with Crippen molar-refractivity contribution in [2.45, 2.75) is 11.8 Å². The zero-order valence-electron chi connectivity index (χ0n) is 11.0. The molecule has 8 heteroatoms. The molecule has 0 unspecified atom stereocenters. The molecule has 5 nitrogen and oxygen atoms in total. The highest BCUT2D eigenvalue weighted by Crippen LogP contribution is 2.29. The fourth-order valence-electron chi connectivity index (χ4n) is 1.47. The number of hydrogen-bond acceptors (Lipinski definition) is 4. The van der Waals surface area contributed by atoms with Crippen LogP contribution < -0.4 is 14.8 Å². The second kappa shape index (κ2) is 7.91. The van der Waals surface area contributed by atoms with E-state index in [-0.39, 0.29) is 22.3 Å². The molecule has 0 aromatic heterocycles. The Morgan fingerprint density at radius 3 is 2.47 bits per heavy atom. The van der Waals surface area contributed by atoms with Crippen LogP contribution in [0.15, 0.2) is 17.0 Å². The summed E-state index contributed by atoms with van der Waals surface area (Å²) in [6, 6.07) is 3.01. The Kier molecular flexibility index (Phi) is 7.69. The number of rotatable bonds is 6. The van der Waals surface area contributed by atoms with E-state index in [4.69, 9.17) is 16.3 Å². The topological polar surface area (TPSA) is 67.4 Å². The van der Waals surface area contributed by atoms with Crippen LogP contribution in [0.4, 0.5) is 0 Å². The van der Waals surface area contributed by atoms with Gasteiger partial charge in [0, 0.05) is 13.1 Å². The molecule has 0 aliphatic carbocycles. The lowest BCUT2D eigenvalue weighted by atomic mass is 10.2. The molecule has 19 heavy (non-hydrogen) atoms. The van der Waals surface area contributed by atoms with Gasteiger partial charge in [0.15, 0.2) is 0 Å². The highest BCUT2D eigenvalue weighted by atomic mass is 35.5. The second-order valence-electron chi connectivity index (χ2n) is 3.75. The van der Waals surface area contributed by atoms with Gasteiger partial charge in [-0.05, 0) is 31.7 Å². The molecule has 0 radical (unpaired) electrons. The van der Waals surface area contributed by atoms with Gasteiger partial charge in [-0.3, -0.25) is 0 Å². The number of benzene rings is 1. The van der Waals surface area contributed by atoms with Gasteiger partial charge in [0.2, 0.25) is 10.0 Å². The summed E-state index contributed by atoms with van der Waals surface area (Å²) in [6.45, 7) is 2.58. The van der Waals surface area contributed by atoms with E-state index >= 15 is 0 Å². The molecule has 1 aromatic carbocycles. The van der Waals surface area contributed by atoms with Gasteiger partial charge in [-0.1, -0.05) is 11.6 Å². The number of ether oxygens (including phenoxy) is 1. The summed E-state index contributed by atoms with van der Waals surface area (Å²) in [7, 11) is -0.301. The number of hydrogen-bond donors (Lipinski definition) is 2. The Hall–Kier alpha value is -0.530. The number of nitrogens with one attached hydrogen (secondary N) is 2. The van der Waals surface area contributed by atoms with Crippen molar-refractivity contribution in [2.75, 3.05) is 27.2 Å². The van der Waals surface area contributed by atoms with E-state index in [1.54, 1.807) is 20.0 Å². The van der Waals surface area contributed by atoms with Crippen LogP contribution in [0.1, 0.15) is 5.56 Å². The molecule has 1 rings (SSSR count). The van der Waals surface area contributed by atoms with Crippen LogP contribution in [0.5, 0.6) is 5.75 Å². The van der Waals surface area contributed by atoms with Crippen molar-refractivity contribution in [1.29, 1.82) is 0 Å². The van der Waals surface area contributed by atoms with Crippen LogP contribution in [-0.2, 0) is 10.0 Å². The maximum atomic E-state index is 12.0. The summed E-state index contributed by atoms with van der Waals surface area (Å²) in [5.41, 5.74) is 0.591. The average Bonchev–Trinajstić information content (AvgIpc) is 2.31. The molecule has 110 valence electrons. The first-order valence-electron chi connectivity index (χ1n) is 5.40. The normalized spacial score (nSPS) is 10.9. The van der Waals surface area contributed by atoms with Gasteiger partial charge in [-0.2, -0.15) is 0 Å². The number of halogens is 2. The van der Waals surface area contributed by atoms with Gasteiger partial charge in [0.25, 0.3) is 0 Å². The van der Waals surface area contributed by atoms with E-state index in [0.29, 0.717) is 24.4 Å². The summed E-state index contributed by atoms with van der Waals surface area (Å²) in [5, 5.41) is 3.14. The van der Waals surface area contributed by atoms with Crippen LogP contribution in [0, 0.1) is 6.92 Å². The first-order valence-corrected chi connectivity index (χ1v) is 7.27. The molecule has 0 saturated carbocycles. The van der Waals surface area contributed by atoms with Crippen molar-refractivity contribution < 1.29 is 13.2 Å². The van der Waals surface area contributed by atoms with E-state index in [2.05, 4.69) is 10.0 Å². The molecule has 0 spiro atoms. The minimum atomic E-state index is -3.54. The van der Waals surface area contributed by atoms with Gasteiger partial charge in [0.1, 0.15) is 5.75 Å². The largest absolute Gasteiger partial charge is 0.495 e. The molecule has 0 amide bonds. The Morgan fingerprint density at radius 2 is 1.95 bits per heavy atom. The number of sulfonamides is 1. The van der Waals surface area contributed by atoms with E-state index in [1.165, 1.54) is 13.2 Å². The molecule has 0 heterocycles. The van der Waals surface area contributed by atoms with Crippen LogP contribution in [0.2, 0.25) is 5.02 Å². The van der Waals surface area contributed by atoms with Crippen LogP contribution in [0.25, 0.3) is 0 Å².